The molecule has 0 aliphatic rings. The number of ether oxygens (including phenoxy) is 3. The van der Waals surface area contributed by atoms with Crippen molar-refractivity contribution in [3.8, 4) is 23.0 Å². The first-order valence-electron chi connectivity index (χ1n) is 12.7. The molecule has 0 heterocycles. The average molecular weight is 525 g/mol. The normalized spacial score (nSPS) is 12.1. The number of hydrogen-bond acceptors (Lipinski definition) is 5. The Hall–Kier alpha value is -4.78. The topological polar surface area (TPSA) is 85.9 Å². The summed E-state index contributed by atoms with van der Waals surface area (Å²) in [6, 6.07) is 29.2. The third-order valence-corrected chi connectivity index (χ3v) is 5.89. The minimum absolute atomic E-state index is 0.250. The van der Waals surface area contributed by atoms with Crippen LogP contribution in [0.4, 0.5) is 11.4 Å². The average Bonchev–Trinajstić information content (AvgIpc) is 2.93. The molecule has 200 valence electrons. The molecule has 39 heavy (non-hydrogen) atoms. The summed E-state index contributed by atoms with van der Waals surface area (Å²) < 4.78 is 17.3. The van der Waals surface area contributed by atoms with Gasteiger partial charge in [0.05, 0.1) is 0 Å². The fourth-order valence-corrected chi connectivity index (χ4v) is 3.59. The lowest BCUT2D eigenvalue weighted by Crippen LogP contribution is -2.30. The van der Waals surface area contributed by atoms with Crippen molar-refractivity contribution in [3.05, 3.63) is 108 Å². The summed E-state index contributed by atoms with van der Waals surface area (Å²) in [5.41, 5.74) is 3.51. The molecule has 0 radical (unpaired) electrons. The maximum absolute atomic E-state index is 12.5. The standard InChI is InChI=1S/C32H32N2O5/c1-21-5-13-27(14-6-21)37-23(3)31(35)33-25-9-17-29(18-10-25)39-30-19-11-26(12-20-30)34-32(36)24(4)38-28-15-7-22(2)8-16-28/h5-20,23-24H,1-4H3,(H,33,35)(H,34,36). The quantitative estimate of drug-likeness (QED) is 0.235. The molecule has 0 saturated heterocycles. The molecule has 0 fully saturated rings. The molecule has 4 aromatic carbocycles. The van der Waals surface area contributed by atoms with Crippen LogP contribution < -0.4 is 24.8 Å². The van der Waals surface area contributed by atoms with Crippen LogP contribution in [0.3, 0.4) is 0 Å². The number of amides is 2. The second kappa shape index (κ2) is 12.6. The lowest BCUT2D eigenvalue weighted by Gasteiger charge is -2.15. The molecule has 2 N–H and O–H groups in total. The van der Waals surface area contributed by atoms with Gasteiger partial charge in [0.1, 0.15) is 23.0 Å². The number of benzene rings is 4. The number of rotatable bonds is 10. The number of carbonyl (C=O) groups is 2. The highest BCUT2D eigenvalue weighted by molar-refractivity contribution is 5.94. The maximum atomic E-state index is 12.5. The predicted molar refractivity (Wildman–Crippen MR) is 153 cm³/mol. The molecule has 0 saturated carbocycles. The zero-order valence-corrected chi connectivity index (χ0v) is 22.4. The van der Waals surface area contributed by atoms with Gasteiger partial charge in [0, 0.05) is 11.4 Å². The van der Waals surface area contributed by atoms with E-state index in [1.807, 2.05) is 62.4 Å². The van der Waals surface area contributed by atoms with Gasteiger partial charge in [-0.15, -0.1) is 0 Å². The zero-order valence-electron chi connectivity index (χ0n) is 22.4. The molecule has 4 aromatic rings. The lowest BCUT2D eigenvalue weighted by molar-refractivity contribution is -0.122. The Morgan fingerprint density at radius 2 is 0.821 bits per heavy atom. The number of hydrogen-bond donors (Lipinski definition) is 2. The highest BCUT2D eigenvalue weighted by Crippen LogP contribution is 2.25. The van der Waals surface area contributed by atoms with Crippen LogP contribution in [0.1, 0.15) is 25.0 Å². The van der Waals surface area contributed by atoms with Gasteiger partial charge < -0.3 is 24.8 Å². The van der Waals surface area contributed by atoms with Gasteiger partial charge in [0.15, 0.2) is 12.2 Å². The van der Waals surface area contributed by atoms with Crippen LogP contribution in [0.25, 0.3) is 0 Å². The van der Waals surface area contributed by atoms with Crippen LogP contribution >= 0.6 is 0 Å². The van der Waals surface area contributed by atoms with E-state index in [1.54, 1.807) is 62.4 Å². The van der Waals surface area contributed by atoms with E-state index in [2.05, 4.69) is 10.6 Å². The minimum Gasteiger partial charge on any atom is -0.481 e. The SMILES string of the molecule is Cc1ccc(OC(C)C(=O)Nc2ccc(Oc3ccc(NC(=O)C(C)Oc4ccc(C)cc4)cc3)cc2)cc1. The van der Waals surface area contributed by atoms with Gasteiger partial charge in [-0.3, -0.25) is 9.59 Å². The van der Waals surface area contributed by atoms with E-state index in [-0.39, 0.29) is 11.8 Å². The lowest BCUT2D eigenvalue weighted by atomic mass is 10.2. The zero-order chi connectivity index (χ0) is 27.8. The Morgan fingerprint density at radius 1 is 0.513 bits per heavy atom. The summed E-state index contributed by atoms with van der Waals surface area (Å²) in [7, 11) is 0. The third kappa shape index (κ3) is 8.10. The van der Waals surface area contributed by atoms with Crippen molar-refractivity contribution in [2.45, 2.75) is 39.9 Å². The van der Waals surface area contributed by atoms with Crippen molar-refractivity contribution >= 4 is 23.2 Å². The monoisotopic (exact) mass is 524 g/mol. The Bertz CT molecular complexity index is 1270. The first kappa shape index (κ1) is 27.3. The second-order valence-corrected chi connectivity index (χ2v) is 9.28. The van der Waals surface area contributed by atoms with Crippen molar-refractivity contribution in [3.63, 3.8) is 0 Å². The van der Waals surface area contributed by atoms with Gasteiger partial charge in [-0.05, 0) is 100 Å². The first-order chi connectivity index (χ1) is 18.7. The Balaban J connectivity index is 1.25. The number of anilines is 2. The van der Waals surface area contributed by atoms with Crippen molar-refractivity contribution in [1.29, 1.82) is 0 Å². The molecule has 2 unspecified atom stereocenters. The predicted octanol–water partition coefficient (Wildman–Crippen LogP) is 6.91. The van der Waals surface area contributed by atoms with Crippen LogP contribution in [0.15, 0.2) is 97.1 Å². The van der Waals surface area contributed by atoms with Crippen LogP contribution in [-0.2, 0) is 9.59 Å². The van der Waals surface area contributed by atoms with E-state index in [1.165, 1.54) is 0 Å². The van der Waals surface area contributed by atoms with Crippen molar-refractivity contribution < 1.29 is 23.8 Å². The van der Waals surface area contributed by atoms with Crippen molar-refractivity contribution in [1.82, 2.24) is 0 Å². The summed E-state index contributed by atoms with van der Waals surface area (Å²) in [5, 5.41) is 5.69. The van der Waals surface area contributed by atoms with Crippen LogP contribution in [0, 0.1) is 13.8 Å². The Morgan fingerprint density at radius 3 is 1.15 bits per heavy atom. The van der Waals surface area contributed by atoms with Gasteiger partial charge in [-0.2, -0.15) is 0 Å². The summed E-state index contributed by atoms with van der Waals surface area (Å²) in [5.74, 6) is 1.99. The van der Waals surface area contributed by atoms with E-state index >= 15 is 0 Å². The molecule has 4 rings (SSSR count). The molecule has 2 atom stereocenters. The van der Waals surface area contributed by atoms with Crippen molar-refractivity contribution in [2.24, 2.45) is 0 Å². The molecular weight excluding hydrogens is 492 g/mol. The number of nitrogens with one attached hydrogen (secondary N) is 2. The Kier molecular flexibility index (Phi) is 8.84. The molecule has 0 aromatic heterocycles. The molecule has 7 heteroatoms. The fourth-order valence-electron chi connectivity index (χ4n) is 3.59. The van der Waals surface area contributed by atoms with Gasteiger partial charge in [-0.1, -0.05) is 35.4 Å². The molecule has 2 amide bonds. The van der Waals surface area contributed by atoms with Crippen LogP contribution in [0.2, 0.25) is 0 Å². The fraction of sp³-hybridized carbons (Fsp3) is 0.188. The van der Waals surface area contributed by atoms with E-state index in [4.69, 9.17) is 14.2 Å². The molecule has 0 aliphatic carbocycles. The largest absolute Gasteiger partial charge is 0.481 e. The van der Waals surface area contributed by atoms with Gasteiger partial charge in [0.25, 0.3) is 11.8 Å². The van der Waals surface area contributed by atoms with E-state index in [9.17, 15) is 9.59 Å². The number of aryl methyl sites for hydroxylation is 2. The summed E-state index contributed by atoms with van der Waals surface area (Å²) >= 11 is 0. The highest BCUT2D eigenvalue weighted by atomic mass is 16.5. The summed E-state index contributed by atoms with van der Waals surface area (Å²) in [6.45, 7) is 7.40. The molecular formula is C32H32N2O5. The third-order valence-electron chi connectivity index (χ3n) is 5.89. The van der Waals surface area contributed by atoms with Gasteiger partial charge >= 0.3 is 0 Å². The molecule has 0 aliphatic heterocycles. The Labute approximate surface area is 228 Å². The van der Waals surface area contributed by atoms with Crippen molar-refractivity contribution in [2.75, 3.05) is 10.6 Å². The van der Waals surface area contributed by atoms with E-state index in [0.717, 1.165) is 11.1 Å². The summed E-state index contributed by atoms with van der Waals surface area (Å²) in [6.07, 6.45) is -1.31. The minimum atomic E-state index is -0.653. The number of carbonyl (C=O) groups excluding carboxylic acids is 2. The maximum Gasteiger partial charge on any atom is 0.265 e. The molecule has 0 spiro atoms. The smallest absolute Gasteiger partial charge is 0.265 e. The molecule has 0 bridgehead atoms. The van der Waals surface area contributed by atoms with Gasteiger partial charge in [0.2, 0.25) is 0 Å². The molecule has 7 nitrogen and oxygen atoms in total. The van der Waals surface area contributed by atoms with E-state index in [0.29, 0.717) is 34.4 Å². The van der Waals surface area contributed by atoms with Crippen LogP contribution in [0.5, 0.6) is 23.0 Å². The first-order valence-corrected chi connectivity index (χ1v) is 12.7. The highest BCUT2D eigenvalue weighted by Gasteiger charge is 2.16. The van der Waals surface area contributed by atoms with Gasteiger partial charge in [-0.25, -0.2) is 0 Å². The van der Waals surface area contributed by atoms with Crippen LogP contribution in [-0.4, -0.2) is 24.0 Å². The van der Waals surface area contributed by atoms with E-state index < -0.39 is 12.2 Å². The second-order valence-electron chi connectivity index (χ2n) is 9.28. The summed E-state index contributed by atoms with van der Waals surface area (Å²) in [4.78, 5) is 25.0.